The Morgan fingerprint density at radius 3 is 2.56 bits per heavy atom. The first-order valence-corrected chi connectivity index (χ1v) is 4.48. The molecule has 0 amide bonds. The fourth-order valence-corrected chi connectivity index (χ4v) is 1.90. The molecule has 4 nitrogen and oxygen atoms in total. The molecule has 1 aromatic heterocycles. The van der Waals surface area contributed by atoms with Crippen molar-refractivity contribution in [3.8, 4) is 0 Å². The molecule has 1 aromatic rings. The van der Waals surface area contributed by atoms with Crippen molar-refractivity contribution in [2.75, 3.05) is 13.6 Å². The summed E-state index contributed by atoms with van der Waals surface area (Å²) in [6, 6.07) is 4.79. The van der Waals surface area contributed by atoms with E-state index in [1.165, 1.54) is 24.9 Å². The minimum absolute atomic E-state index is 0. The van der Waals surface area contributed by atoms with Gasteiger partial charge in [0.15, 0.2) is 0 Å². The molecule has 3 N–H and O–H groups in total. The molecule has 0 saturated carbocycles. The van der Waals surface area contributed by atoms with E-state index < -0.39 is 0 Å². The van der Waals surface area contributed by atoms with E-state index in [0.717, 1.165) is 0 Å². The largest absolute Gasteiger partial charge is 0.870 e. The van der Waals surface area contributed by atoms with E-state index in [1.807, 2.05) is 18.5 Å². The summed E-state index contributed by atoms with van der Waals surface area (Å²) in [6.45, 7) is 1.22. The predicted molar refractivity (Wildman–Crippen MR) is 65.5 cm³/mol. The van der Waals surface area contributed by atoms with Crippen LogP contribution in [0.4, 0.5) is 0 Å². The van der Waals surface area contributed by atoms with E-state index in [0.29, 0.717) is 6.04 Å². The van der Waals surface area contributed by atoms with E-state index in [4.69, 9.17) is 0 Å². The molecule has 0 aromatic carbocycles. The van der Waals surface area contributed by atoms with E-state index in [9.17, 15) is 0 Å². The standard InChI is InChI=1S/C10H14N2.Mo.2H2O.H3P/c1-12-7-3-5-10(12)9-4-2-6-11-8-9;;;;/h2,4,6,8,10H,3,5,7H2,1H3;;2*1H2;1H3/p-1. The molecule has 0 aliphatic carbocycles. The summed E-state index contributed by atoms with van der Waals surface area (Å²) in [7, 11) is 2.19. The third-order valence-corrected chi connectivity index (χ3v) is 2.59. The summed E-state index contributed by atoms with van der Waals surface area (Å²) in [4.78, 5) is 6.54. The molecule has 0 spiro atoms. The van der Waals surface area contributed by atoms with Gasteiger partial charge in [-0.15, -0.1) is 0 Å². The van der Waals surface area contributed by atoms with Crippen LogP contribution in [-0.4, -0.2) is 34.4 Å². The van der Waals surface area contributed by atoms with Gasteiger partial charge in [0.05, 0.1) is 0 Å². The molecule has 16 heavy (non-hydrogen) atoms. The Morgan fingerprint density at radius 2 is 2.12 bits per heavy atom. The fourth-order valence-electron chi connectivity index (χ4n) is 1.90. The summed E-state index contributed by atoms with van der Waals surface area (Å²) >= 11 is 0. The molecule has 6 heteroatoms. The first kappa shape index (κ1) is 21.4. The molecule has 1 aliphatic heterocycles. The minimum Gasteiger partial charge on any atom is -0.870 e. The van der Waals surface area contributed by atoms with Crippen molar-refractivity contribution in [3.05, 3.63) is 30.1 Å². The summed E-state index contributed by atoms with van der Waals surface area (Å²) in [5.41, 5.74) is 1.36. The average Bonchev–Trinajstić information content (AvgIpc) is 2.53. The minimum atomic E-state index is 0. The van der Waals surface area contributed by atoms with Crippen LogP contribution in [0.5, 0.6) is 0 Å². The second-order valence-corrected chi connectivity index (χ2v) is 3.42. The summed E-state index contributed by atoms with van der Waals surface area (Å²) in [5.74, 6) is 0. The Labute approximate surface area is 114 Å². The van der Waals surface area contributed by atoms with E-state index in [2.05, 4.69) is 23.0 Å². The van der Waals surface area contributed by atoms with Crippen LogP contribution in [0, 0.1) is 0 Å². The van der Waals surface area contributed by atoms with Gasteiger partial charge >= 0.3 is 0 Å². The molecular weight excluding hydrogens is 307 g/mol. The van der Waals surface area contributed by atoms with Gasteiger partial charge in [0.25, 0.3) is 0 Å². The number of nitrogens with zero attached hydrogens (tertiary/aromatic N) is 2. The van der Waals surface area contributed by atoms with Gasteiger partial charge in [0.2, 0.25) is 0 Å². The second-order valence-electron chi connectivity index (χ2n) is 3.42. The predicted octanol–water partition coefficient (Wildman–Crippen LogP) is 0.902. The van der Waals surface area contributed by atoms with Crippen molar-refractivity contribution in [1.29, 1.82) is 0 Å². The number of pyridine rings is 1. The molecule has 0 bridgehead atoms. The van der Waals surface area contributed by atoms with Crippen LogP contribution in [0.1, 0.15) is 24.4 Å². The van der Waals surface area contributed by atoms with Crippen LogP contribution in [0.15, 0.2) is 24.5 Å². The maximum absolute atomic E-state index is 4.14. The number of rotatable bonds is 1. The molecule has 1 aliphatic rings. The van der Waals surface area contributed by atoms with Gasteiger partial charge in [-0.3, -0.25) is 9.88 Å². The zero-order chi connectivity index (χ0) is 8.39. The monoisotopic (exact) mass is 329 g/mol. The Balaban J connectivity index is -0.000000422. The van der Waals surface area contributed by atoms with Crippen molar-refractivity contribution in [2.24, 2.45) is 0 Å². The smallest absolute Gasteiger partial charge is 0.0360 e. The first-order chi connectivity index (χ1) is 5.88. The van der Waals surface area contributed by atoms with E-state index >= 15 is 0 Å². The Bertz CT molecular complexity index is 264. The number of likely N-dealkylation sites (tertiary alicyclic amines) is 1. The summed E-state index contributed by atoms with van der Waals surface area (Å²) in [6.07, 6.45) is 6.41. The Hall–Kier alpha value is 0.148. The van der Waals surface area contributed by atoms with Crippen molar-refractivity contribution in [1.82, 2.24) is 9.88 Å². The molecule has 2 heterocycles. The van der Waals surface area contributed by atoms with Gasteiger partial charge in [-0.2, -0.15) is 9.90 Å². The molecule has 2 atom stereocenters. The van der Waals surface area contributed by atoms with Crippen molar-refractivity contribution in [2.45, 2.75) is 18.9 Å². The third-order valence-electron chi connectivity index (χ3n) is 2.59. The maximum atomic E-state index is 4.14. The van der Waals surface area contributed by atoms with Gasteiger partial charge in [-0.05, 0) is 38.1 Å². The molecule has 1 saturated heterocycles. The molecule has 0 radical (unpaired) electrons. The normalized spacial score (nSPS) is 18.4. The van der Waals surface area contributed by atoms with Gasteiger partial charge in [0, 0.05) is 39.5 Å². The van der Waals surface area contributed by atoms with Crippen molar-refractivity contribution in [3.63, 3.8) is 0 Å². The van der Waals surface area contributed by atoms with Crippen LogP contribution >= 0.6 is 9.90 Å². The van der Waals surface area contributed by atoms with Gasteiger partial charge in [-0.1, -0.05) is 6.07 Å². The molecule has 94 valence electrons. The average molecular weight is 327 g/mol. The molecule has 2 unspecified atom stereocenters. The van der Waals surface area contributed by atoms with Crippen molar-refractivity contribution < 1.29 is 32.0 Å². The van der Waals surface area contributed by atoms with E-state index in [-0.39, 0.29) is 41.9 Å². The van der Waals surface area contributed by atoms with Crippen molar-refractivity contribution >= 4 is 9.90 Å². The first-order valence-electron chi connectivity index (χ1n) is 4.48. The fraction of sp³-hybridized carbons (Fsp3) is 0.500. The quantitative estimate of drug-likeness (QED) is 0.568. The number of aromatic nitrogens is 1. The molecular formula is C10H20MoN2O2P-. The SMILES string of the molecule is CN1CCCC1c1cccnc1.O.P.[Mo].[OH-]. The zero-order valence-electron chi connectivity index (χ0n) is 9.47. The summed E-state index contributed by atoms with van der Waals surface area (Å²) < 4.78 is 0. The van der Waals surface area contributed by atoms with Gasteiger partial charge in [0.1, 0.15) is 0 Å². The zero-order valence-corrected chi connectivity index (χ0v) is 12.9. The maximum Gasteiger partial charge on any atom is 0.0360 e. The van der Waals surface area contributed by atoms with Crippen LogP contribution in [-0.2, 0) is 21.1 Å². The van der Waals surface area contributed by atoms with Gasteiger partial charge in [-0.25, -0.2) is 0 Å². The van der Waals surface area contributed by atoms with Crippen LogP contribution < -0.4 is 0 Å². The molecule has 2 rings (SSSR count). The topological polar surface area (TPSA) is 77.6 Å². The van der Waals surface area contributed by atoms with Crippen LogP contribution in [0.25, 0.3) is 0 Å². The second kappa shape index (κ2) is 10.3. The van der Waals surface area contributed by atoms with Gasteiger partial charge < -0.3 is 11.0 Å². The number of hydrogen-bond acceptors (Lipinski definition) is 3. The third kappa shape index (κ3) is 4.99. The Kier molecular flexibility index (Phi) is 13.8. The number of hydrogen-bond donors (Lipinski definition) is 0. The Morgan fingerprint density at radius 1 is 1.44 bits per heavy atom. The molecule has 1 fully saturated rings. The van der Waals surface area contributed by atoms with Crippen LogP contribution in [0.2, 0.25) is 0 Å². The van der Waals surface area contributed by atoms with Crippen LogP contribution in [0.3, 0.4) is 0 Å². The van der Waals surface area contributed by atoms with E-state index in [1.54, 1.807) is 0 Å². The summed E-state index contributed by atoms with van der Waals surface area (Å²) in [5, 5.41) is 0.